The monoisotopic (exact) mass is 487 g/mol. The van der Waals surface area contributed by atoms with Crippen LogP contribution in [0.4, 0.5) is 0 Å². The van der Waals surface area contributed by atoms with E-state index in [0.29, 0.717) is 38.0 Å². The van der Waals surface area contributed by atoms with Crippen molar-refractivity contribution in [1.29, 1.82) is 0 Å². The second-order valence-corrected chi connectivity index (χ2v) is 8.99. The van der Waals surface area contributed by atoms with Crippen LogP contribution in [0.5, 0.6) is 5.75 Å². The molecule has 1 saturated heterocycles. The largest absolute Gasteiger partial charge is 0.497 e. The van der Waals surface area contributed by atoms with E-state index in [1.54, 1.807) is 7.11 Å². The third kappa shape index (κ3) is 6.08. The van der Waals surface area contributed by atoms with Crippen LogP contribution >= 0.6 is 15.9 Å². The number of amides is 2. The SMILES string of the molecule is COc1cccc(C(CNC(=O)C2CCN(C(=O)c3ccc(Br)cc3)CC2)N(C)C)c1. The summed E-state index contributed by atoms with van der Waals surface area (Å²) in [6, 6.07) is 15.4. The molecule has 1 fully saturated rings. The minimum atomic E-state index is -0.0675. The van der Waals surface area contributed by atoms with Crippen molar-refractivity contribution in [1.82, 2.24) is 15.1 Å². The van der Waals surface area contributed by atoms with Crippen molar-refractivity contribution < 1.29 is 14.3 Å². The first-order chi connectivity index (χ1) is 14.9. The lowest BCUT2D eigenvalue weighted by Crippen LogP contribution is -2.44. The Balaban J connectivity index is 1.53. The Morgan fingerprint density at radius 1 is 1.16 bits per heavy atom. The summed E-state index contributed by atoms with van der Waals surface area (Å²) in [6.07, 6.45) is 1.36. The van der Waals surface area contributed by atoms with E-state index in [-0.39, 0.29) is 23.8 Å². The molecule has 0 spiro atoms. The minimum absolute atomic E-state index is 0.0251. The predicted octanol–water partition coefficient (Wildman–Crippen LogP) is 3.73. The normalized spacial score (nSPS) is 15.6. The van der Waals surface area contributed by atoms with E-state index in [1.165, 1.54) is 0 Å². The highest BCUT2D eigenvalue weighted by Gasteiger charge is 2.28. The minimum Gasteiger partial charge on any atom is -0.497 e. The van der Waals surface area contributed by atoms with Gasteiger partial charge in [-0.25, -0.2) is 0 Å². The summed E-state index contributed by atoms with van der Waals surface area (Å²) >= 11 is 3.39. The number of rotatable bonds is 7. The fourth-order valence-corrected chi connectivity index (χ4v) is 4.17. The van der Waals surface area contributed by atoms with Gasteiger partial charge in [-0.05, 0) is 68.9 Å². The van der Waals surface area contributed by atoms with Gasteiger partial charge in [0.15, 0.2) is 0 Å². The number of carbonyl (C=O) groups excluding carboxylic acids is 2. The Labute approximate surface area is 192 Å². The molecule has 1 aliphatic heterocycles. The van der Waals surface area contributed by atoms with E-state index in [2.05, 4.69) is 26.1 Å². The maximum Gasteiger partial charge on any atom is 0.253 e. The molecule has 1 unspecified atom stereocenters. The highest BCUT2D eigenvalue weighted by atomic mass is 79.9. The zero-order chi connectivity index (χ0) is 22.4. The van der Waals surface area contributed by atoms with Gasteiger partial charge in [-0.1, -0.05) is 28.1 Å². The average Bonchev–Trinajstić information content (AvgIpc) is 2.79. The lowest BCUT2D eigenvalue weighted by Gasteiger charge is -2.32. The Bertz CT molecular complexity index is 893. The maximum absolute atomic E-state index is 12.8. The van der Waals surface area contributed by atoms with Crippen LogP contribution in [0.25, 0.3) is 0 Å². The number of ether oxygens (including phenoxy) is 1. The van der Waals surface area contributed by atoms with Crippen LogP contribution in [0.2, 0.25) is 0 Å². The van der Waals surface area contributed by atoms with Crippen molar-refractivity contribution in [3.05, 3.63) is 64.1 Å². The zero-order valence-corrected chi connectivity index (χ0v) is 19.9. The van der Waals surface area contributed by atoms with Crippen molar-refractivity contribution in [2.75, 3.05) is 40.8 Å². The molecule has 1 atom stereocenters. The zero-order valence-electron chi connectivity index (χ0n) is 18.3. The van der Waals surface area contributed by atoms with Crippen molar-refractivity contribution in [2.24, 2.45) is 5.92 Å². The van der Waals surface area contributed by atoms with Crippen LogP contribution < -0.4 is 10.1 Å². The molecule has 2 aromatic carbocycles. The maximum atomic E-state index is 12.8. The summed E-state index contributed by atoms with van der Waals surface area (Å²) in [4.78, 5) is 29.4. The first kappa shape index (κ1) is 23.3. The molecule has 0 bridgehead atoms. The average molecular weight is 488 g/mol. The van der Waals surface area contributed by atoms with Gasteiger partial charge in [0.1, 0.15) is 5.75 Å². The third-order valence-electron chi connectivity index (χ3n) is 5.82. The molecule has 2 aromatic rings. The Morgan fingerprint density at radius 3 is 2.45 bits per heavy atom. The molecule has 0 aromatic heterocycles. The fourth-order valence-electron chi connectivity index (χ4n) is 3.91. The van der Waals surface area contributed by atoms with Gasteiger partial charge in [0.2, 0.25) is 5.91 Å². The van der Waals surface area contributed by atoms with Gasteiger partial charge in [0, 0.05) is 35.6 Å². The van der Waals surface area contributed by atoms with Crippen LogP contribution in [-0.2, 0) is 4.79 Å². The van der Waals surface area contributed by atoms with Crippen molar-refractivity contribution in [3.63, 3.8) is 0 Å². The predicted molar refractivity (Wildman–Crippen MR) is 125 cm³/mol. The van der Waals surface area contributed by atoms with Gasteiger partial charge in [0.25, 0.3) is 5.91 Å². The quantitative estimate of drug-likeness (QED) is 0.646. The van der Waals surface area contributed by atoms with Crippen LogP contribution in [-0.4, -0.2) is 62.5 Å². The van der Waals surface area contributed by atoms with E-state index < -0.39 is 0 Å². The smallest absolute Gasteiger partial charge is 0.253 e. The second kappa shape index (κ2) is 10.8. The van der Waals surface area contributed by atoms with Gasteiger partial charge in [-0.2, -0.15) is 0 Å². The van der Waals surface area contributed by atoms with Crippen LogP contribution in [0.1, 0.15) is 34.8 Å². The van der Waals surface area contributed by atoms with Crippen LogP contribution in [0.3, 0.4) is 0 Å². The fraction of sp³-hybridized carbons (Fsp3) is 0.417. The van der Waals surface area contributed by atoms with Gasteiger partial charge in [-0.3, -0.25) is 9.59 Å². The number of nitrogens with zero attached hydrogens (tertiary/aromatic N) is 2. The van der Waals surface area contributed by atoms with E-state index in [0.717, 1.165) is 15.8 Å². The van der Waals surface area contributed by atoms with E-state index in [9.17, 15) is 9.59 Å². The Kier molecular flexibility index (Phi) is 8.09. The number of piperidine rings is 1. The molecule has 31 heavy (non-hydrogen) atoms. The van der Waals surface area contributed by atoms with Crippen LogP contribution in [0.15, 0.2) is 53.0 Å². The van der Waals surface area contributed by atoms with E-state index in [1.807, 2.05) is 67.5 Å². The second-order valence-electron chi connectivity index (χ2n) is 8.07. The van der Waals surface area contributed by atoms with Gasteiger partial charge in [0.05, 0.1) is 13.2 Å². The molecule has 1 N–H and O–H groups in total. The molecule has 166 valence electrons. The molecular weight excluding hydrogens is 458 g/mol. The first-order valence-corrected chi connectivity index (χ1v) is 11.3. The summed E-state index contributed by atoms with van der Waals surface area (Å²) in [5.74, 6) is 0.822. The third-order valence-corrected chi connectivity index (χ3v) is 6.34. The van der Waals surface area contributed by atoms with E-state index >= 15 is 0 Å². The Hall–Kier alpha value is -2.38. The lowest BCUT2D eigenvalue weighted by molar-refractivity contribution is -0.126. The molecule has 2 amide bonds. The van der Waals surface area contributed by atoms with Crippen molar-refractivity contribution in [2.45, 2.75) is 18.9 Å². The highest BCUT2D eigenvalue weighted by molar-refractivity contribution is 9.10. The number of carbonyl (C=O) groups is 2. The van der Waals surface area contributed by atoms with Gasteiger partial charge < -0.3 is 19.9 Å². The number of likely N-dealkylation sites (tertiary alicyclic amines) is 1. The summed E-state index contributed by atoms with van der Waals surface area (Å²) in [6.45, 7) is 1.72. The van der Waals surface area contributed by atoms with Crippen molar-refractivity contribution >= 4 is 27.7 Å². The molecule has 3 rings (SSSR count). The number of benzene rings is 2. The van der Waals surface area contributed by atoms with E-state index in [4.69, 9.17) is 4.74 Å². The summed E-state index contributed by atoms with van der Waals surface area (Å²) < 4.78 is 6.28. The number of halogens is 1. The first-order valence-electron chi connectivity index (χ1n) is 10.5. The Morgan fingerprint density at radius 2 is 1.84 bits per heavy atom. The number of likely N-dealkylation sites (N-methyl/N-ethyl adjacent to an activating group) is 1. The molecule has 6 nitrogen and oxygen atoms in total. The molecule has 0 aliphatic carbocycles. The van der Waals surface area contributed by atoms with Gasteiger partial charge in [-0.15, -0.1) is 0 Å². The molecule has 1 aliphatic rings. The number of hydrogen-bond acceptors (Lipinski definition) is 4. The summed E-state index contributed by atoms with van der Waals surface area (Å²) in [5, 5.41) is 3.12. The number of methoxy groups -OCH3 is 1. The summed E-state index contributed by atoms with van der Waals surface area (Å²) in [7, 11) is 5.66. The molecular formula is C24H30BrN3O3. The molecule has 1 heterocycles. The van der Waals surface area contributed by atoms with Crippen molar-refractivity contribution in [3.8, 4) is 5.75 Å². The summed E-state index contributed by atoms with van der Waals surface area (Å²) in [5.41, 5.74) is 1.78. The standard InChI is InChI=1S/C24H30BrN3O3/c1-27(2)22(19-5-4-6-21(15-19)31-3)16-26-23(29)17-11-13-28(14-12-17)24(30)18-7-9-20(25)10-8-18/h4-10,15,17,22H,11-14,16H2,1-3H3,(H,26,29). The van der Waals surface area contributed by atoms with Crippen LogP contribution in [0, 0.1) is 5.92 Å². The molecule has 0 saturated carbocycles. The molecule has 0 radical (unpaired) electrons. The topological polar surface area (TPSA) is 61.9 Å². The lowest BCUT2D eigenvalue weighted by atomic mass is 9.95. The van der Waals surface area contributed by atoms with Gasteiger partial charge >= 0.3 is 0 Å². The highest BCUT2D eigenvalue weighted by Crippen LogP contribution is 2.23. The number of nitrogens with one attached hydrogen (secondary N) is 1. The molecule has 7 heteroatoms. The number of hydrogen-bond donors (Lipinski definition) is 1.